The molecule has 3 aromatic carbocycles. The number of benzene rings is 3. The molecule has 2 aliphatic carbocycles. The summed E-state index contributed by atoms with van der Waals surface area (Å²) in [5.74, 6) is -1.01. The smallest absolute Gasteiger partial charge is 0.305 e. The average molecular weight is 717 g/mol. The van der Waals surface area contributed by atoms with Gasteiger partial charge >= 0.3 is 4.87 Å². The minimum Gasteiger partial charge on any atom is -0.483 e. The third-order valence-corrected chi connectivity index (χ3v) is 13.2. The summed E-state index contributed by atoms with van der Waals surface area (Å²) in [6.07, 6.45) is 0.787. The summed E-state index contributed by atoms with van der Waals surface area (Å²) in [4.78, 5) is 59.0. The second kappa shape index (κ2) is 11.2. The van der Waals surface area contributed by atoms with E-state index in [-0.39, 0.29) is 64.0 Å². The highest BCUT2D eigenvalue weighted by atomic mass is 79.9. The van der Waals surface area contributed by atoms with Gasteiger partial charge in [0.05, 0.1) is 22.5 Å². The van der Waals surface area contributed by atoms with E-state index in [1.54, 1.807) is 11.8 Å². The SMILES string of the molecule is Cc1ccc(N2C(=O)[C@H]3[C@H]4C[C@@H]([C@@H]3C2=O)[C@@H]2[C@H](c3cc(Br)ccc3OCC(=O)Nc3ccccc3C)c3sc(=O)[nH]c3S[C@H]42)cc1. The molecule has 2 N–H and O–H groups in total. The molecule has 3 fully saturated rings. The molecule has 4 aliphatic rings. The molecule has 11 heteroatoms. The van der Waals surface area contributed by atoms with Crippen LogP contribution in [0, 0.1) is 43.4 Å². The van der Waals surface area contributed by atoms with Crippen LogP contribution < -0.4 is 19.8 Å². The number of carbonyl (C=O) groups is 3. The van der Waals surface area contributed by atoms with Crippen molar-refractivity contribution in [3.8, 4) is 5.75 Å². The van der Waals surface area contributed by atoms with Gasteiger partial charge in [-0.2, -0.15) is 0 Å². The molecule has 1 aromatic heterocycles. The molecule has 3 amide bonds. The summed E-state index contributed by atoms with van der Waals surface area (Å²) in [6.45, 7) is 3.72. The molecule has 0 spiro atoms. The van der Waals surface area contributed by atoms with Gasteiger partial charge in [-0.15, -0.1) is 11.8 Å². The lowest BCUT2D eigenvalue weighted by Crippen LogP contribution is -2.42. The van der Waals surface area contributed by atoms with Gasteiger partial charge in [-0.25, -0.2) is 0 Å². The molecule has 2 saturated carbocycles. The van der Waals surface area contributed by atoms with E-state index in [0.717, 1.165) is 43.2 Å². The molecule has 8 rings (SSSR count). The number of ether oxygens (including phenoxy) is 1. The number of imide groups is 1. The fourth-order valence-electron chi connectivity index (χ4n) is 8.25. The fraction of sp³-hybridized carbons (Fsp3) is 0.314. The number of aromatic nitrogens is 1. The van der Waals surface area contributed by atoms with Gasteiger partial charge in [0.1, 0.15) is 5.75 Å². The molecule has 4 aromatic rings. The lowest BCUT2D eigenvalue weighted by Gasteiger charge is -2.43. The number of fused-ring (bicyclic) bond motifs is 9. The first-order chi connectivity index (χ1) is 22.2. The molecule has 0 radical (unpaired) electrons. The van der Waals surface area contributed by atoms with Crippen LogP contribution in [0.1, 0.15) is 33.9 Å². The van der Waals surface area contributed by atoms with Gasteiger partial charge in [0.25, 0.3) is 5.91 Å². The number of rotatable bonds is 6. The predicted octanol–water partition coefficient (Wildman–Crippen LogP) is 6.51. The van der Waals surface area contributed by atoms with Crippen molar-refractivity contribution >= 4 is 68.1 Å². The van der Waals surface area contributed by atoms with Crippen molar-refractivity contribution in [3.63, 3.8) is 0 Å². The number of anilines is 2. The van der Waals surface area contributed by atoms with Crippen molar-refractivity contribution in [1.29, 1.82) is 0 Å². The third-order valence-electron chi connectivity index (χ3n) is 10.1. The summed E-state index contributed by atoms with van der Waals surface area (Å²) in [6, 6.07) is 20.9. The predicted molar refractivity (Wildman–Crippen MR) is 182 cm³/mol. The Bertz CT molecular complexity index is 1970. The van der Waals surface area contributed by atoms with E-state index in [1.807, 2.05) is 80.6 Å². The second-order valence-electron chi connectivity index (χ2n) is 12.6. The monoisotopic (exact) mass is 715 g/mol. The quantitative estimate of drug-likeness (QED) is 0.221. The van der Waals surface area contributed by atoms with E-state index in [0.29, 0.717) is 11.4 Å². The van der Waals surface area contributed by atoms with E-state index in [1.165, 1.54) is 16.2 Å². The molecule has 234 valence electrons. The van der Waals surface area contributed by atoms with Crippen LogP contribution in [-0.2, 0) is 14.4 Å². The Morgan fingerprint density at radius 2 is 1.74 bits per heavy atom. The van der Waals surface area contributed by atoms with E-state index in [2.05, 4.69) is 26.2 Å². The Hall–Kier alpha value is -3.67. The number of H-pyrrole nitrogens is 1. The lowest BCUT2D eigenvalue weighted by atomic mass is 9.68. The van der Waals surface area contributed by atoms with Crippen LogP contribution in [0.25, 0.3) is 0 Å². The normalized spacial score (nSPS) is 27.4. The number of nitrogens with one attached hydrogen (secondary N) is 2. The number of aryl methyl sites for hydroxylation is 2. The number of hydrogen-bond acceptors (Lipinski definition) is 7. The van der Waals surface area contributed by atoms with Gasteiger partial charge in [-0.3, -0.25) is 24.1 Å². The van der Waals surface area contributed by atoms with Crippen molar-refractivity contribution in [2.45, 2.75) is 36.5 Å². The summed E-state index contributed by atoms with van der Waals surface area (Å²) in [5.41, 5.74) is 4.23. The van der Waals surface area contributed by atoms with E-state index < -0.39 is 5.92 Å². The molecule has 7 atom stereocenters. The van der Waals surface area contributed by atoms with Gasteiger partial charge in [-0.05, 0) is 80.0 Å². The van der Waals surface area contributed by atoms with Crippen molar-refractivity contribution in [1.82, 2.24) is 4.98 Å². The largest absolute Gasteiger partial charge is 0.483 e. The van der Waals surface area contributed by atoms with Crippen LogP contribution in [0.4, 0.5) is 11.4 Å². The standard InChI is InChI=1S/C35H30BrN3O5S2/c1-16-7-10-19(11-8-16)39-33(41)28-21-14-22(29(28)34(39)42)30-27(21)26(31-32(45-30)38-35(43)46-31)20-13-18(36)9-12-24(20)44-15-25(40)37-23-6-4-3-5-17(23)2/h3-13,21-22,26-30H,14-15H2,1-2H3,(H,37,40)(H,38,43)/t21-,22-,26+,27-,28+,29+,30-/m1/s1. The zero-order valence-corrected chi connectivity index (χ0v) is 28.2. The van der Waals surface area contributed by atoms with Gasteiger partial charge in [0.15, 0.2) is 6.61 Å². The van der Waals surface area contributed by atoms with Crippen LogP contribution in [0.15, 0.2) is 81.0 Å². The Labute approximate surface area is 282 Å². The average Bonchev–Trinajstić information content (AvgIpc) is 3.77. The van der Waals surface area contributed by atoms with E-state index in [9.17, 15) is 19.2 Å². The maximum atomic E-state index is 14.1. The minimum atomic E-state index is -0.406. The first-order valence-electron chi connectivity index (χ1n) is 15.3. The second-order valence-corrected chi connectivity index (χ2v) is 15.8. The first-order valence-corrected chi connectivity index (χ1v) is 17.8. The van der Waals surface area contributed by atoms with E-state index >= 15 is 0 Å². The molecule has 46 heavy (non-hydrogen) atoms. The van der Waals surface area contributed by atoms with Gasteiger partial charge in [-0.1, -0.05) is 63.2 Å². The zero-order valence-electron chi connectivity index (χ0n) is 25.0. The molecule has 1 saturated heterocycles. The highest BCUT2D eigenvalue weighted by Gasteiger charge is 2.69. The fourth-order valence-corrected chi connectivity index (χ4v) is 11.5. The zero-order chi connectivity index (χ0) is 31.9. The third kappa shape index (κ3) is 4.69. The van der Waals surface area contributed by atoms with Crippen LogP contribution in [0.5, 0.6) is 5.75 Å². The molecule has 2 bridgehead atoms. The van der Waals surface area contributed by atoms with Crippen LogP contribution in [0.3, 0.4) is 0 Å². The number of carbonyl (C=O) groups excluding carboxylic acids is 3. The topological polar surface area (TPSA) is 109 Å². The lowest BCUT2D eigenvalue weighted by molar-refractivity contribution is -0.123. The molecular weight excluding hydrogens is 686 g/mol. The molecule has 2 aliphatic heterocycles. The first kappa shape index (κ1) is 29.7. The van der Waals surface area contributed by atoms with Gasteiger partial charge < -0.3 is 15.0 Å². The number of thiazole rings is 1. The van der Waals surface area contributed by atoms with Crippen LogP contribution in [0.2, 0.25) is 0 Å². The Balaban J connectivity index is 1.15. The van der Waals surface area contributed by atoms with Crippen molar-refractivity contribution in [2.75, 3.05) is 16.8 Å². The molecule has 3 heterocycles. The Morgan fingerprint density at radius 3 is 2.50 bits per heavy atom. The molecule has 0 unspecified atom stereocenters. The number of amides is 3. The molecular formula is C35H30BrN3O5S2. The summed E-state index contributed by atoms with van der Waals surface area (Å²) in [5, 5.41) is 3.79. The van der Waals surface area contributed by atoms with Gasteiger partial charge in [0.2, 0.25) is 11.8 Å². The number of hydrogen-bond donors (Lipinski definition) is 2. The Kier molecular flexibility index (Phi) is 7.26. The van der Waals surface area contributed by atoms with Gasteiger partial charge in [0, 0.05) is 31.8 Å². The maximum absolute atomic E-state index is 14.1. The summed E-state index contributed by atoms with van der Waals surface area (Å²) >= 11 is 6.48. The van der Waals surface area contributed by atoms with Crippen molar-refractivity contribution in [2.24, 2.45) is 29.6 Å². The maximum Gasteiger partial charge on any atom is 0.305 e. The number of para-hydroxylation sites is 1. The number of thioether (sulfide) groups is 1. The van der Waals surface area contributed by atoms with E-state index in [4.69, 9.17) is 4.74 Å². The van der Waals surface area contributed by atoms with Crippen LogP contribution >= 0.6 is 39.0 Å². The summed E-state index contributed by atoms with van der Waals surface area (Å²) in [7, 11) is 0. The Morgan fingerprint density at radius 1 is 1.00 bits per heavy atom. The summed E-state index contributed by atoms with van der Waals surface area (Å²) < 4.78 is 7.07. The van der Waals surface area contributed by atoms with Crippen molar-refractivity contribution < 1.29 is 19.1 Å². The highest BCUT2D eigenvalue weighted by Crippen LogP contribution is 2.69. The highest BCUT2D eigenvalue weighted by molar-refractivity contribution is 9.10. The number of aromatic amines is 1. The van der Waals surface area contributed by atoms with Crippen molar-refractivity contribution in [3.05, 3.63) is 102 Å². The molecule has 8 nitrogen and oxygen atoms in total. The number of nitrogens with zero attached hydrogens (tertiary/aromatic N) is 1. The minimum absolute atomic E-state index is 0.00219. The number of halogens is 1. The van der Waals surface area contributed by atoms with Crippen LogP contribution in [-0.4, -0.2) is 34.6 Å².